The minimum atomic E-state index is 0.0596. The third-order valence-corrected chi connectivity index (χ3v) is 5.77. The summed E-state index contributed by atoms with van der Waals surface area (Å²) >= 11 is 0. The maximum absolute atomic E-state index is 12.9. The molecule has 0 unspecified atom stereocenters. The number of anilines is 1. The lowest BCUT2D eigenvalue weighted by molar-refractivity contribution is 0.260. The van der Waals surface area contributed by atoms with Gasteiger partial charge in [0.05, 0.1) is 7.11 Å². The Morgan fingerprint density at radius 2 is 1.76 bits per heavy atom. The number of fused-ring (bicyclic) bond motifs is 1. The first-order chi connectivity index (χ1) is 14.0. The highest BCUT2D eigenvalue weighted by molar-refractivity contribution is 5.49. The lowest BCUT2D eigenvalue weighted by Crippen LogP contribution is -2.47. The summed E-state index contributed by atoms with van der Waals surface area (Å²) in [6.07, 6.45) is 2.56. The fraction of sp³-hybridized carbons (Fsp3) is 0.391. The molecule has 6 heteroatoms. The SMILES string of the molecule is COc1ccc(N2CCN(CCc3c(C)nc4cc(C)ccn4c3=O)CC2)cc1. The van der Waals surface area contributed by atoms with Crippen molar-refractivity contribution in [3.05, 3.63) is 69.8 Å². The second kappa shape index (κ2) is 8.25. The molecule has 0 radical (unpaired) electrons. The Morgan fingerprint density at radius 3 is 2.45 bits per heavy atom. The van der Waals surface area contributed by atoms with Crippen molar-refractivity contribution in [1.29, 1.82) is 0 Å². The molecule has 4 rings (SSSR count). The first-order valence-corrected chi connectivity index (χ1v) is 10.1. The summed E-state index contributed by atoms with van der Waals surface area (Å²) in [6, 6.07) is 12.1. The Bertz CT molecular complexity index is 1050. The molecule has 0 spiro atoms. The largest absolute Gasteiger partial charge is 0.497 e. The van der Waals surface area contributed by atoms with Gasteiger partial charge >= 0.3 is 0 Å². The molecule has 152 valence electrons. The molecule has 1 fully saturated rings. The Kier molecular flexibility index (Phi) is 5.53. The Balaban J connectivity index is 1.39. The van der Waals surface area contributed by atoms with Gasteiger partial charge in [0.15, 0.2) is 0 Å². The summed E-state index contributed by atoms with van der Waals surface area (Å²) in [7, 11) is 1.69. The highest BCUT2D eigenvalue weighted by Crippen LogP contribution is 2.20. The van der Waals surface area contributed by atoms with Crippen LogP contribution in [-0.2, 0) is 6.42 Å². The van der Waals surface area contributed by atoms with Gasteiger partial charge in [-0.05, 0) is 62.2 Å². The Hall–Kier alpha value is -2.86. The molecule has 1 aliphatic heterocycles. The van der Waals surface area contributed by atoms with Crippen molar-refractivity contribution < 1.29 is 4.74 Å². The summed E-state index contributed by atoms with van der Waals surface area (Å²) in [4.78, 5) is 22.4. The molecule has 6 nitrogen and oxygen atoms in total. The fourth-order valence-electron chi connectivity index (χ4n) is 3.97. The third-order valence-electron chi connectivity index (χ3n) is 5.77. The van der Waals surface area contributed by atoms with Crippen molar-refractivity contribution >= 4 is 11.3 Å². The van der Waals surface area contributed by atoms with E-state index in [0.29, 0.717) is 0 Å². The summed E-state index contributed by atoms with van der Waals surface area (Å²) in [6.45, 7) is 8.80. The van der Waals surface area contributed by atoms with E-state index in [1.807, 2.05) is 44.3 Å². The number of nitrogens with zero attached hydrogens (tertiary/aromatic N) is 4. The van der Waals surface area contributed by atoms with Gasteiger partial charge in [-0.25, -0.2) is 4.98 Å². The van der Waals surface area contributed by atoms with E-state index in [4.69, 9.17) is 4.74 Å². The van der Waals surface area contributed by atoms with Crippen molar-refractivity contribution in [2.75, 3.05) is 44.7 Å². The summed E-state index contributed by atoms with van der Waals surface area (Å²) in [5.74, 6) is 0.883. The number of aromatic nitrogens is 2. The van der Waals surface area contributed by atoms with Gasteiger partial charge in [-0.1, -0.05) is 0 Å². The molecule has 1 saturated heterocycles. The van der Waals surface area contributed by atoms with Crippen LogP contribution in [0.5, 0.6) is 5.75 Å². The number of piperazine rings is 1. The van der Waals surface area contributed by atoms with Crippen molar-refractivity contribution in [3.63, 3.8) is 0 Å². The number of methoxy groups -OCH3 is 1. The maximum atomic E-state index is 12.9. The molecule has 0 N–H and O–H groups in total. The van der Waals surface area contributed by atoms with Crippen LogP contribution in [0, 0.1) is 13.8 Å². The zero-order chi connectivity index (χ0) is 20.4. The minimum absolute atomic E-state index is 0.0596. The average molecular weight is 393 g/mol. The number of pyridine rings is 1. The first kappa shape index (κ1) is 19.5. The Labute approximate surface area is 171 Å². The highest BCUT2D eigenvalue weighted by Gasteiger charge is 2.18. The van der Waals surface area contributed by atoms with E-state index < -0.39 is 0 Å². The van der Waals surface area contributed by atoms with Gasteiger partial charge in [-0.2, -0.15) is 0 Å². The van der Waals surface area contributed by atoms with Crippen LogP contribution in [0.15, 0.2) is 47.4 Å². The van der Waals surface area contributed by atoms with E-state index in [0.717, 1.165) is 67.4 Å². The molecule has 0 atom stereocenters. The highest BCUT2D eigenvalue weighted by atomic mass is 16.5. The number of benzene rings is 1. The second-order valence-corrected chi connectivity index (χ2v) is 7.69. The van der Waals surface area contributed by atoms with Gasteiger partial charge in [0, 0.05) is 55.9 Å². The van der Waals surface area contributed by atoms with Gasteiger partial charge in [-0.3, -0.25) is 14.1 Å². The summed E-state index contributed by atoms with van der Waals surface area (Å²) in [5.41, 5.74) is 4.79. The van der Waals surface area contributed by atoms with Gasteiger partial charge in [0.25, 0.3) is 5.56 Å². The van der Waals surface area contributed by atoms with Crippen LogP contribution in [0.1, 0.15) is 16.8 Å². The lowest BCUT2D eigenvalue weighted by Gasteiger charge is -2.36. The van der Waals surface area contributed by atoms with E-state index in [1.54, 1.807) is 11.5 Å². The molecule has 0 aliphatic carbocycles. The number of ether oxygens (including phenoxy) is 1. The summed E-state index contributed by atoms with van der Waals surface area (Å²) in [5, 5.41) is 0. The van der Waals surface area contributed by atoms with Gasteiger partial charge in [0.1, 0.15) is 11.4 Å². The zero-order valence-electron chi connectivity index (χ0n) is 17.4. The molecule has 2 aromatic heterocycles. The normalized spacial score (nSPS) is 15.1. The average Bonchev–Trinajstić information content (AvgIpc) is 2.74. The predicted molar refractivity (Wildman–Crippen MR) is 116 cm³/mol. The third kappa shape index (κ3) is 4.12. The van der Waals surface area contributed by atoms with Crippen molar-refractivity contribution in [1.82, 2.24) is 14.3 Å². The monoisotopic (exact) mass is 392 g/mol. The van der Waals surface area contributed by atoms with E-state index >= 15 is 0 Å². The predicted octanol–water partition coefficient (Wildman–Crippen LogP) is 2.68. The Morgan fingerprint density at radius 1 is 1.03 bits per heavy atom. The molecule has 1 aromatic carbocycles. The number of hydrogen-bond donors (Lipinski definition) is 0. The second-order valence-electron chi connectivity index (χ2n) is 7.69. The standard InChI is InChI=1S/C23H28N4O2/c1-17-8-11-27-22(16-17)24-18(2)21(23(27)28)9-10-25-12-14-26(15-13-25)19-4-6-20(29-3)7-5-19/h4-8,11,16H,9-10,12-15H2,1-3H3. The molecule has 3 heterocycles. The molecule has 0 bridgehead atoms. The number of hydrogen-bond acceptors (Lipinski definition) is 5. The number of rotatable bonds is 5. The van der Waals surface area contributed by atoms with Crippen LogP contribution in [-0.4, -0.2) is 54.1 Å². The van der Waals surface area contributed by atoms with Crippen LogP contribution >= 0.6 is 0 Å². The van der Waals surface area contributed by atoms with E-state index in [2.05, 4.69) is 26.9 Å². The molecule has 0 saturated carbocycles. The van der Waals surface area contributed by atoms with Crippen molar-refractivity contribution in [3.8, 4) is 5.75 Å². The molecule has 3 aromatic rings. The molecular formula is C23H28N4O2. The lowest BCUT2D eigenvalue weighted by atomic mass is 10.1. The van der Waals surface area contributed by atoms with Crippen LogP contribution in [0.2, 0.25) is 0 Å². The molecule has 29 heavy (non-hydrogen) atoms. The first-order valence-electron chi connectivity index (χ1n) is 10.1. The molecule has 0 amide bonds. The molecule has 1 aliphatic rings. The zero-order valence-corrected chi connectivity index (χ0v) is 17.4. The van der Waals surface area contributed by atoms with Crippen molar-refractivity contribution in [2.24, 2.45) is 0 Å². The van der Waals surface area contributed by atoms with E-state index in [9.17, 15) is 4.79 Å². The van der Waals surface area contributed by atoms with Crippen LogP contribution in [0.3, 0.4) is 0 Å². The maximum Gasteiger partial charge on any atom is 0.261 e. The van der Waals surface area contributed by atoms with Gasteiger partial charge in [-0.15, -0.1) is 0 Å². The van der Waals surface area contributed by atoms with Crippen molar-refractivity contribution in [2.45, 2.75) is 20.3 Å². The smallest absolute Gasteiger partial charge is 0.261 e. The molecular weight excluding hydrogens is 364 g/mol. The van der Waals surface area contributed by atoms with Crippen LogP contribution in [0.4, 0.5) is 5.69 Å². The van der Waals surface area contributed by atoms with Crippen LogP contribution < -0.4 is 15.2 Å². The quantitative estimate of drug-likeness (QED) is 0.668. The fourth-order valence-corrected chi connectivity index (χ4v) is 3.97. The van der Waals surface area contributed by atoms with E-state index in [-0.39, 0.29) is 5.56 Å². The van der Waals surface area contributed by atoms with Crippen LogP contribution in [0.25, 0.3) is 5.65 Å². The van der Waals surface area contributed by atoms with Gasteiger partial charge in [0.2, 0.25) is 0 Å². The van der Waals surface area contributed by atoms with Gasteiger partial charge < -0.3 is 9.64 Å². The van der Waals surface area contributed by atoms with E-state index in [1.165, 1.54) is 5.69 Å². The topological polar surface area (TPSA) is 50.1 Å². The minimum Gasteiger partial charge on any atom is -0.497 e. The number of aryl methyl sites for hydroxylation is 2. The summed E-state index contributed by atoms with van der Waals surface area (Å²) < 4.78 is 6.90.